The van der Waals surface area contributed by atoms with Gasteiger partial charge in [0.25, 0.3) is 0 Å². The van der Waals surface area contributed by atoms with Gasteiger partial charge < -0.3 is 15.0 Å². The summed E-state index contributed by atoms with van der Waals surface area (Å²) in [6.45, 7) is 3.45. The molecular formula is C15H21F3N4O2. The van der Waals surface area contributed by atoms with E-state index in [2.05, 4.69) is 10.4 Å². The molecule has 1 atom stereocenters. The molecule has 134 valence electrons. The SMILES string of the molecule is CC1(C)CN(C(=O)Nc2cnn(CC3CC3)c2)CC(C(F)(F)F)O1. The van der Waals surface area contributed by atoms with E-state index in [1.54, 1.807) is 24.7 Å². The summed E-state index contributed by atoms with van der Waals surface area (Å²) in [4.78, 5) is 13.5. The van der Waals surface area contributed by atoms with Crippen LogP contribution in [0.25, 0.3) is 0 Å². The number of ether oxygens (including phenoxy) is 1. The van der Waals surface area contributed by atoms with Gasteiger partial charge in [0, 0.05) is 12.7 Å². The standard InChI is InChI=1S/C15H21F3N4O2/c1-14(2)9-21(8-12(24-14)15(16,17)18)13(23)20-11-5-19-22(7-11)6-10-3-4-10/h5,7,10,12H,3-4,6,8-9H2,1-2H3,(H,20,23). The highest BCUT2D eigenvalue weighted by molar-refractivity contribution is 5.89. The highest BCUT2D eigenvalue weighted by Crippen LogP contribution is 2.32. The van der Waals surface area contributed by atoms with Crippen LogP contribution in [0.15, 0.2) is 12.4 Å². The number of urea groups is 1. The second-order valence-electron chi connectivity index (χ2n) is 7.11. The normalized spacial score (nSPS) is 24.0. The van der Waals surface area contributed by atoms with Crippen molar-refractivity contribution in [1.29, 1.82) is 0 Å². The molecule has 1 aliphatic heterocycles. The van der Waals surface area contributed by atoms with Gasteiger partial charge in [-0.1, -0.05) is 0 Å². The fourth-order valence-electron chi connectivity index (χ4n) is 2.80. The number of nitrogens with zero attached hydrogens (tertiary/aromatic N) is 3. The van der Waals surface area contributed by atoms with E-state index >= 15 is 0 Å². The van der Waals surface area contributed by atoms with Crippen LogP contribution in [0.4, 0.5) is 23.7 Å². The number of carbonyl (C=O) groups is 1. The molecule has 1 aromatic rings. The lowest BCUT2D eigenvalue weighted by Gasteiger charge is -2.42. The first-order valence-electron chi connectivity index (χ1n) is 7.95. The Hall–Kier alpha value is -1.77. The van der Waals surface area contributed by atoms with Crippen LogP contribution in [-0.2, 0) is 11.3 Å². The van der Waals surface area contributed by atoms with Gasteiger partial charge in [0.15, 0.2) is 6.10 Å². The average molecular weight is 346 g/mol. The third kappa shape index (κ3) is 4.19. The lowest BCUT2D eigenvalue weighted by molar-refractivity contribution is -0.267. The molecule has 3 rings (SSSR count). The van der Waals surface area contributed by atoms with E-state index in [9.17, 15) is 18.0 Å². The van der Waals surface area contributed by atoms with Crippen LogP contribution < -0.4 is 5.32 Å². The molecule has 1 aromatic heterocycles. The summed E-state index contributed by atoms with van der Waals surface area (Å²) in [5.74, 6) is 0.640. The Morgan fingerprint density at radius 1 is 1.46 bits per heavy atom. The largest absolute Gasteiger partial charge is 0.416 e. The molecule has 2 fully saturated rings. The number of carbonyl (C=O) groups excluding carboxylic acids is 1. The lowest BCUT2D eigenvalue weighted by atomic mass is 10.1. The third-order valence-corrected chi connectivity index (χ3v) is 4.10. The summed E-state index contributed by atoms with van der Waals surface area (Å²) in [7, 11) is 0. The minimum atomic E-state index is -4.51. The molecule has 0 bridgehead atoms. The number of nitrogens with one attached hydrogen (secondary N) is 1. The zero-order chi connectivity index (χ0) is 17.5. The second-order valence-corrected chi connectivity index (χ2v) is 7.11. The molecule has 0 radical (unpaired) electrons. The maximum Gasteiger partial charge on any atom is 0.416 e. The zero-order valence-corrected chi connectivity index (χ0v) is 13.6. The molecule has 1 saturated carbocycles. The number of hydrogen-bond acceptors (Lipinski definition) is 3. The first-order valence-corrected chi connectivity index (χ1v) is 7.95. The Morgan fingerprint density at radius 3 is 2.79 bits per heavy atom. The summed E-state index contributed by atoms with van der Waals surface area (Å²) >= 11 is 0. The van der Waals surface area contributed by atoms with Gasteiger partial charge in [0.2, 0.25) is 0 Å². The van der Waals surface area contributed by atoms with Crippen molar-refractivity contribution in [1.82, 2.24) is 14.7 Å². The van der Waals surface area contributed by atoms with Crippen LogP contribution in [0, 0.1) is 5.92 Å². The maximum atomic E-state index is 13.0. The summed E-state index contributed by atoms with van der Waals surface area (Å²) < 4.78 is 45.8. The molecular weight excluding hydrogens is 325 g/mol. The lowest BCUT2D eigenvalue weighted by Crippen LogP contribution is -2.59. The number of hydrogen-bond donors (Lipinski definition) is 1. The molecule has 9 heteroatoms. The van der Waals surface area contributed by atoms with Gasteiger partial charge in [0.1, 0.15) is 0 Å². The van der Waals surface area contributed by atoms with Crippen molar-refractivity contribution in [3.8, 4) is 0 Å². The number of rotatable bonds is 3. The Bertz CT molecular complexity index is 610. The van der Waals surface area contributed by atoms with Crippen molar-refractivity contribution in [3.05, 3.63) is 12.4 Å². The Labute approximate surface area is 137 Å². The molecule has 1 aliphatic carbocycles. The predicted molar refractivity (Wildman–Crippen MR) is 80.5 cm³/mol. The molecule has 24 heavy (non-hydrogen) atoms. The smallest absolute Gasteiger partial charge is 0.359 e. The van der Waals surface area contributed by atoms with Crippen molar-refractivity contribution in [2.45, 2.75) is 51.1 Å². The van der Waals surface area contributed by atoms with E-state index < -0.39 is 30.5 Å². The molecule has 1 saturated heterocycles. The van der Waals surface area contributed by atoms with Gasteiger partial charge in [0.05, 0.1) is 30.6 Å². The van der Waals surface area contributed by atoms with E-state index in [1.807, 2.05) is 0 Å². The van der Waals surface area contributed by atoms with Crippen molar-refractivity contribution in [3.63, 3.8) is 0 Å². The molecule has 0 aromatic carbocycles. The summed E-state index contributed by atoms with van der Waals surface area (Å²) in [5, 5.41) is 6.77. The van der Waals surface area contributed by atoms with Crippen molar-refractivity contribution >= 4 is 11.7 Å². The summed E-state index contributed by atoms with van der Waals surface area (Å²) in [6, 6.07) is -0.577. The molecule has 0 spiro atoms. The third-order valence-electron chi connectivity index (χ3n) is 4.10. The average Bonchev–Trinajstić information content (AvgIpc) is 3.15. The summed E-state index contributed by atoms with van der Waals surface area (Å²) in [6.07, 6.45) is -0.918. The monoisotopic (exact) mass is 346 g/mol. The topological polar surface area (TPSA) is 59.4 Å². The van der Waals surface area contributed by atoms with Gasteiger partial charge >= 0.3 is 12.2 Å². The van der Waals surface area contributed by atoms with Crippen LogP contribution in [-0.4, -0.2) is 51.7 Å². The minimum absolute atomic E-state index is 0.0849. The minimum Gasteiger partial charge on any atom is -0.359 e. The van der Waals surface area contributed by atoms with Crippen molar-refractivity contribution in [2.24, 2.45) is 5.92 Å². The van der Waals surface area contributed by atoms with Crippen LogP contribution >= 0.6 is 0 Å². The molecule has 6 nitrogen and oxygen atoms in total. The van der Waals surface area contributed by atoms with Gasteiger partial charge in [-0.15, -0.1) is 0 Å². The second kappa shape index (κ2) is 5.94. The Morgan fingerprint density at radius 2 is 2.17 bits per heavy atom. The fraction of sp³-hybridized carbons (Fsp3) is 0.733. The maximum absolute atomic E-state index is 13.0. The van der Waals surface area contributed by atoms with E-state index in [0.717, 1.165) is 11.4 Å². The van der Waals surface area contributed by atoms with Gasteiger partial charge in [-0.05, 0) is 32.6 Å². The van der Waals surface area contributed by atoms with E-state index in [1.165, 1.54) is 19.0 Å². The van der Waals surface area contributed by atoms with Crippen LogP contribution in [0.2, 0.25) is 0 Å². The van der Waals surface area contributed by atoms with E-state index in [4.69, 9.17) is 4.74 Å². The molecule has 2 aliphatic rings. The molecule has 1 N–H and O–H groups in total. The fourth-order valence-corrected chi connectivity index (χ4v) is 2.80. The van der Waals surface area contributed by atoms with Crippen molar-refractivity contribution < 1.29 is 22.7 Å². The summed E-state index contributed by atoms with van der Waals surface area (Å²) in [5.41, 5.74) is -0.583. The zero-order valence-electron chi connectivity index (χ0n) is 13.6. The Kier molecular flexibility index (Phi) is 4.23. The number of aromatic nitrogens is 2. The number of morpholine rings is 1. The predicted octanol–water partition coefficient (Wildman–Crippen LogP) is 2.87. The highest BCUT2D eigenvalue weighted by atomic mass is 19.4. The van der Waals surface area contributed by atoms with Gasteiger partial charge in [-0.3, -0.25) is 4.68 Å². The number of halogens is 3. The highest BCUT2D eigenvalue weighted by Gasteiger charge is 2.49. The van der Waals surface area contributed by atoms with E-state index in [-0.39, 0.29) is 6.54 Å². The quantitative estimate of drug-likeness (QED) is 0.916. The van der Waals surface area contributed by atoms with Crippen LogP contribution in [0.1, 0.15) is 26.7 Å². The molecule has 2 amide bonds. The first-order chi connectivity index (χ1) is 11.1. The molecule has 1 unspecified atom stereocenters. The Balaban J connectivity index is 1.63. The van der Waals surface area contributed by atoms with Crippen molar-refractivity contribution in [2.75, 3.05) is 18.4 Å². The van der Waals surface area contributed by atoms with Gasteiger partial charge in [-0.25, -0.2) is 4.79 Å². The van der Waals surface area contributed by atoms with Gasteiger partial charge in [-0.2, -0.15) is 18.3 Å². The number of alkyl halides is 3. The van der Waals surface area contributed by atoms with E-state index in [0.29, 0.717) is 11.6 Å². The van der Waals surface area contributed by atoms with Crippen LogP contribution in [0.5, 0.6) is 0 Å². The number of amides is 2. The first kappa shape index (κ1) is 17.1. The van der Waals surface area contributed by atoms with Crippen LogP contribution in [0.3, 0.4) is 0 Å². The number of anilines is 1. The molecule has 2 heterocycles.